The predicted octanol–water partition coefficient (Wildman–Crippen LogP) is 3.27. The molecule has 0 spiro atoms. The Balaban J connectivity index is 0.00000147. The van der Waals surface area contributed by atoms with E-state index in [-0.39, 0.29) is 29.9 Å². The number of benzene rings is 1. The van der Waals surface area contributed by atoms with Crippen LogP contribution in [0.3, 0.4) is 0 Å². The molecule has 1 heterocycles. The van der Waals surface area contributed by atoms with Gasteiger partial charge >= 0.3 is 0 Å². The molecular weight excluding hydrogens is 297 g/mol. The van der Waals surface area contributed by atoms with Crippen molar-refractivity contribution in [2.75, 3.05) is 13.1 Å². The number of carbonyl (C=O) groups excluding carboxylic acids is 1. The summed E-state index contributed by atoms with van der Waals surface area (Å²) < 4.78 is 14.0. The van der Waals surface area contributed by atoms with Crippen molar-refractivity contribution in [3.05, 3.63) is 35.6 Å². The quantitative estimate of drug-likeness (QED) is 0.861. The Morgan fingerprint density at radius 3 is 2.55 bits per heavy atom. The van der Waals surface area contributed by atoms with Crippen molar-refractivity contribution in [2.24, 2.45) is 5.92 Å². The average molecular weight is 316 g/mol. The first-order valence-corrected chi connectivity index (χ1v) is 7.38. The molecule has 2 unspecified atom stereocenters. The molecule has 1 aliphatic carbocycles. The number of nitrogens with zero attached hydrogens (tertiary/aromatic N) is 1. The number of halogens is 2. The van der Waals surface area contributed by atoms with E-state index in [1.807, 2.05) is 0 Å². The van der Waals surface area contributed by atoms with Crippen LogP contribution in [0.15, 0.2) is 24.3 Å². The highest BCUT2D eigenvalue weighted by atomic mass is 35.5. The number of hydrogen-bond acceptors (Lipinski definition) is 3. The average Bonchev–Trinajstić information content (AvgIpc) is 3.16. The topological polar surface area (TPSA) is 20.3 Å². The van der Waals surface area contributed by atoms with Crippen LogP contribution in [0, 0.1) is 11.7 Å². The molecule has 1 aromatic carbocycles. The van der Waals surface area contributed by atoms with Gasteiger partial charge in [0.05, 0.1) is 6.04 Å². The molecule has 2 aliphatic rings. The van der Waals surface area contributed by atoms with Gasteiger partial charge in [-0.3, -0.25) is 9.69 Å². The van der Waals surface area contributed by atoms with E-state index in [2.05, 4.69) is 17.5 Å². The summed E-state index contributed by atoms with van der Waals surface area (Å²) in [5.74, 6) is 0.0558. The molecule has 5 heteroatoms. The second-order valence-corrected chi connectivity index (χ2v) is 6.27. The van der Waals surface area contributed by atoms with Gasteiger partial charge in [-0.15, -0.1) is 12.4 Å². The minimum Gasteiger partial charge on any atom is -0.297 e. The van der Waals surface area contributed by atoms with Crippen LogP contribution in [0.25, 0.3) is 0 Å². The normalized spacial score (nSPS) is 24.2. The Morgan fingerprint density at radius 1 is 1.30 bits per heavy atom. The lowest BCUT2D eigenvalue weighted by Gasteiger charge is -2.27. The number of carbonyl (C=O) groups is 1. The maximum absolute atomic E-state index is 14.0. The van der Waals surface area contributed by atoms with Gasteiger partial charge in [-0.1, -0.05) is 18.2 Å². The maximum atomic E-state index is 14.0. The molecule has 3 rings (SSSR count). The zero-order chi connectivity index (χ0) is 13.4. The Kier molecular flexibility index (Phi) is 5.10. The molecular formula is C15H19ClFNOS. The summed E-state index contributed by atoms with van der Waals surface area (Å²) in [4.78, 5) is 14.6. The van der Waals surface area contributed by atoms with Gasteiger partial charge < -0.3 is 0 Å². The number of rotatable bonds is 4. The number of likely N-dealkylation sites (tertiary alicyclic amines) is 1. The lowest BCUT2D eigenvalue weighted by atomic mass is 9.98. The third-order valence-corrected chi connectivity index (χ3v) is 4.43. The molecule has 1 aromatic rings. The third-order valence-electron chi connectivity index (χ3n) is 4.01. The molecule has 1 saturated carbocycles. The van der Waals surface area contributed by atoms with E-state index in [0.717, 1.165) is 32.4 Å². The fourth-order valence-electron chi connectivity index (χ4n) is 2.82. The Bertz CT molecular complexity index is 495. The van der Waals surface area contributed by atoms with Gasteiger partial charge in [-0.05, 0) is 25.3 Å². The van der Waals surface area contributed by atoms with E-state index in [4.69, 9.17) is 0 Å². The van der Waals surface area contributed by atoms with Crippen LogP contribution >= 0.6 is 25.0 Å². The SMILES string of the molecule is Cl.O=C(C1CC1)C(c1ccccc1F)N1CCC(S)C1. The van der Waals surface area contributed by atoms with Crippen molar-refractivity contribution in [3.8, 4) is 0 Å². The van der Waals surface area contributed by atoms with Crippen LogP contribution in [-0.4, -0.2) is 29.0 Å². The van der Waals surface area contributed by atoms with Crippen LogP contribution in [0.5, 0.6) is 0 Å². The highest BCUT2D eigenvalue weighted by Gasteiger charge is 2.40. The largest absolute Gasteiger partial charge is 0.297 e. The van der Waals surface area contributed by atoms with Crippen LogP contribution in [0.2, 0.25) is 0 Å². The molecule has 110 valence electrons. The number of Topliss-reactive ketones (excluding diaryl/α,β-unsaturated/α-hetero) is 1. The summed E-state index contributed by atoms with van der Waals surface area (Å²) in [6, 6.07) is 6.25. The standard InChI is InChI=1S/C15H18FNOS.ClH/c16-13-4-2-1-3-12(13)14(15(18)10-5-6-10)17-8-7-11(19)9-17;/h1-4,10-11,14,19H,5-9H2;1H. The van der Waals surface area contributed by atoms with E-state index in [1.54, 1.807) is 18.2 Å². The molecule has 20 heavy (non-hydrogen) atoms. The van der Waals surface area contributed by atoms with Gasteiger partial charge in [0.2, 0.25) is 0 Å². The molecule has 0 bridgehead atoms. The van der Waals surface area contributed by atoms with E-state index >= 15 is 0 Å². The molecule has 0 aromatic heterocycles. The van der Waals surface area contributed by atoms with E-state index in [1.165, 1.54) is 6.07 Å². The first-order valence-electron chi connectivity index (χ1n) is 6.87. The number of hydrogen-bond donors (Lipinski definition) is 1. The molecule has 2 atom stereocenters. The zero-order valence-electron chi connectivity index (χ0n) is 11.2. The molecule has 2 nitrogen and oxygen atoms in total. The summed E-state index contributed by atoms with van der Waals surface area (Å²) >= 11 is 4.47. The summed E-state index contributed by atoms with van der Waals surface area (Å²) in [5.41, 5.74) is 0.529. The minimum absolute atomic E-state index is 0. The second-order valence-electron chi connectivity index (χ2n) is 5.54. The van der Waals surface area contributed by atoms with Gasteiger partial charge in [-0.25, -0.2) is 4.39 Å². The first-order chi connectivity index (χ1) is 9.16. The summed E-state index contributed by atoms with van der Waals surface area (Å²) in [7, 11) is 0. The van der Waals surface area contributed by atoms with Gasteiger partial charge in [0, 0.05) is 29.8 Å². The summed E-state index contributed by atoms with van der Waals surface area (Å²) in [6.07, 6.45) is 2.88. The van der Waals surface area contributed by atoms with E-state index < -0.39 is 6.04 Å². The Labute approximate surface area is 130 Å². The lowest BCUT2D eigenvalue weighted by molar-refractivity contribution is -0.125. The second kappa shape index (κ2) is 6.46. The van der Waals surface area contributed by atoms with Crippen molar-refractivity contribution in [1.29, 1.82) is 0 Å². The van der Waals surface area contributed by atoms with Crippen molar-refractivity contribution < 1.29 is 9.18 Å². The smallest absolute Gasteiger partial charge is 0.157 e. The predicted molar refractivity (Wildman–Crippen MR) is 83.1 cm³/mol. The van der Waals surface area contributed by atoms with Crippen molar-refractivity contribution >= 4 is 30.8 Å². The molecule has 2 fully saturated rings. The van der Waals surface area contributed by atoms with Crippen molar-refractivity contribution in [2.45, 2.75) is 30.6 Å². The minimum atomic E-state index is -0.411. The fraction of sp³-hybridized carbons (Fsp3) is 0.533. The fourth-order valence-corrected chi connectivity index (χ4v) is 3.15. The number of thiol groups is 1. The Morgan fingerprint density at radius 2 is 2.00 bits per heavy atom. The van der Waals surface area contributed by atoms with Crippen LogP contribution in [0.4, 0.5) is 4.39 Å². The molecule has 1 aliphatic heterocycles. The van der Waals surface area contributed by atoms with Crippen LogP contribution in [-0.2, 0) is 4.79 Å². The highest BCUT2D eigenvalue weighted by molar-refractivity contribution is 7.81. The zero-order valence-corrected chi connectivity index (χ0v) is 12.9. The molecule has 1 saturated heterocycles. The summed E-state index contributed by atoms with van der Waals surface area (Å²) in [5, 5.41) is 0.293. The van der Waals surface area contributed by atoms with Gasteiger partial charge in [-0.2, -0.15) is 12.6 Å². The van der Waals surface area contributed by atoms with E-state index in [9.17, 15) is 9.18 Å². The van der Waals surface area contributed by atoms with Gasteiger partial charge in [0.1, 0.15) is 5.82 Å². The third kappa shape index (κ3) is 3.18. The monoisotopic (exact) mass is 315 g/mol. The van der Waals surface area contributed by atoms with Crippen LogP contribution in [0.1, 0.15) is 30.9 Å². The van der Waals surface area contributed by atoms with Crippen LogP contribution < -0.4 is 0 Å². The van der Waals surface area contributed by atoms with E-state index in [0.29, 0.717) is 10.8 Å². The van der Waals surface area contributed by atoms with Gasteiger partial charge in [0.25, 0.3) is 0 Å². The molecule has 0 N–H and O–H groups in total. The lowest BCUT2D eigenvalue weighted by Crippen LogP contribution is -2.34. The Hall–Kier alpha value is -0.580. The van der Waals surface area contributed by atoms with Gasteiger partial charge in [0.15, 0.2) is 5.78 Å². The maximum Gasteiger partial charge on any atom is 0.157 e. The number of ketones is 1. The van der Waals surface area contributed by atoms with Crippen molar-refractivity contribution in [1.82, 2.24) is 4.90 Å². The summed E-state index contributed by atoms with van der Waals surface area (Å²) in [6.45, 7) is 1.59. The molecule has 0 radical (unpaired) electrons. The molecule has 0 amide bonds. The van der Waals surface area contributed by atoms with Crippen molar-refractivity contribution in [3.63, 3.8) is 0 Å². The first kappa shape index (κ1) is 15.8. The highest BCUT2D eigenvalue weighted by Crippen LogP contribution is 2.39.